The molecule has 0 unspecified atom stereocenters. The van der Waals surface area contributed by atoms with Crippen LogP contribution in [0, 0.1) is 0 Å². The van der Waals surface area contributed by atoms with Gasteiger partial charge in [-0.25, -0.2) is 4.98 Å². The van der Waals surface area contributed by atoms with Gasteiger partial charge in [0.2, 0.25) is 0 Å². The lowest BCUT2D eigenvalue weighted by molar-refractivity contribution is 0.102. The Kier molecular flexibility index (Phi) is 5.92. The molecule has 9 heteroatoms. The molecule has 0 saturated heterocycles. The van der Waals surface area contributed by atoms with E-state index in [9.17, 15) is 4.79 Å². The summed E-state index contributed by atoms with van der Waals surface area (Å²) in [4.78, 5) is 21.5. The van der Waals surface area contributed by atoms with Gasteiger partial charge in [0.15, 0.2) is 5.69 Å². The number of thiazole rings is 1. The summed E-state index contributed by atoms with van der Waals surface area (Å²) >= 11 is 3.36. The number of nitrogens with zero attached hydrogens (tertiary/aromatic N) is 4. The molecule has 30 heavy (non-hydrogen) atoms. The van der Waals surface area contributed by atoms with Gasteiger partial charge in [-0.3, -0.25) is 14.4 Å². The highest BCUT2D eigenvalue weighted by atomic mass is 35.5. The number of fused-ring (bicyclic) bond motifs is 2. The molecule has 0 radical (unpaired) electrons. The highest BCUT2D eigenvalue weighted by molar-refractivity contribution is 7.22. The number of benzene rings is 1. The van der Waals surface area contributed by atoms with Gasteiger partial charge in [-0.15, -0.1) is 35.1 Å². The fourth-order valence-corrected chi connectivity index (χ4v) is 6.12. The van der Waals surface area contributed by atoms with Crippen molar-refractivity contribution >= 4 is 56.2 Å². The summed E-state index contributed by atoms with van der Waals surface area (Å²) < 4.78 is 2.80. The van der Waals surface area contributed by atoms with Gasteiger partial charge in [0, 0.05) is 36.8 Å². The summed E-state index contributed by atoms with van der Waals surface area (Å²) in [7, 11) is 1.81. The zero-order valence-corrected chi connectivity index (χ0v) is 19.2. The van der Waals surface area contributed by atoms with Gasteiger partial charge in [0.1, 0.15) is 10.0 Å². The first-order chi connectivity index (χ1) is 14.1. The maximum absolute atomic E-state index is 12.8. The van der Waals surface area contributed by atoms with Gasteiger partial charge in [0.25, 0.3) is 5.91 Å². The summed E-state index contributed by atoms with van der Waals surface area (Å²) in [5.74, 6) is -0.182. The Labute approximate surface area is 189 Å². The van der Waals surface area contributed by atoms with Crippen LogP contribution in [0.3, 0.4) is 0 Å². The molecule has 4 heterocycles. The quantitative estimate of drug-likeness (QED) is 0.475. The number of anilines is 1. The predicted molar refractivity (Wildman–Crippen MR) is 126 cm³/mol. The molecule has 0 bridgehead atoms. The van der Waals surface area contributed by atoms with Gasteiger partial charge >= 0.3 is 0 Å². The van der Waals surface area contributed by atoms with E-state index in [0.717, 1.165) is 51.8 Å². The van der Waals surface area contributed by atoms with Crippen LogP contribution in [0.5, 0.6) is 0 Å². The number of hydrogen-bond acceptors (Lipinski definition) is 6. The number of aromatic nitrogens is 3. The van der Waals surface area contributed by atoms with E-state index in [1.807, 2.05) is 25.2 Å². The Morgan fingerprint density at radius 1 is 1.23 bits per heavy atom. The van der Waals surface area contributed by atoms with E-state index < -0.39 is 0 Å². The third-order valence-corrected chi connectivity index (χ3v) is 7.45. The second-order valence-corrected chi connectivity index (χ2v) is 9.28. The van der Waals surface area contributed by atoms with E-state index >= 15 is 0 Å². The van der Waals surface area contributed by atoms with Crippen LogP contribution in [-0.2, 0) is 20.0 Å². The van der Waals surface area contributed by atoms with E-state index in [4.69, 9.17) is 4.98 Å². The number of para-hydroxylation sites is 1. The number of amides is 1. The van der Waals surface area contributed by atoms with Crippen molar-refractivity contribution in [1.29, 1.82) is 0 Å². The molecule has 1 aliphatic rings. The Morgan fingerprint density at radius 3 is 2.80 bits per heavy atom. The van der Waals surface area contributed by atoms with Gasteiger partial charge < -0.3 is 5.32 Å². The summed E-state index contributed by atoms with van der Waals surface area (Å²) in [5, 5.41) is 9.22. The Morgan fingerprint density at radius 2 is 2.07 bits per heavy atom. The minimum absolute atomic E-state index is 0. The Bertz CT molecular complexity index is 1180. The standard InChI is InChI=1S/C21H21N5OS2.ClH/c1-3-26-11-8-13-17(12-26)29-21(23-19(27)15-9-10-25(2)24-15)18(13)20-22-14-6-4-5-7-16(14)28-20;/h4-7,9-10H,3,8,11-12H2,1-2H3,(H,23,27);1H. The van der Waals surface area contributed by atoms with Crippen LogP contribution in [0.2, 0.25) is 0 Å². The second kappa shape index (κ2) is 8.47. The summed E-state index contributed by atoms with van der Waals surface area (Å²) in [6.45, 7) is 5.18. The van der Waals surface area contributed by atoms with Crippen LogP contribution >= 0.6 is 35.1 Å². The highest BCUT2D eigenvalue weighted by Gasteiger charge is 2.27. The maximum atomic E-state index is 12.8. The number of hydrogen-bond donors (Lipinski definition) is 1. The van der Waals surface area contributed by atoms with Crippen molar-refractivity contribution in [3.8, 4) is 10.6 Å². The normalized spacial score (nSPS) is 13.8. The maximum Gasteiger partial charge on any atom is 0.276 e. The van der Waals surface area contributed by atoms with Gasteiger partial charge in [-0.1, -0.05) is 19.1 Å². The first-order valence-corrected chi connectivity index (χ1v) is 11.3. The molecule has 1 N–H and O–H groups in total. The van der Waals surface area contributed by atoms with Crippen molar-refractivity contribution in [3.05, 3.63) is 52.7 Å². The molecule has 3 aromatic heterocycles. The van der Waals surface area contributed by atoms with E-state index in [0.29, 0.717) is 5.69 Å². The van der Waals surface area contributed by atoms with Crippen molar-refractivity contribution in [1.82, 2.24) is 19.7 Å². The molecule has 1 aliphatic heterocycles. The number of rotatable bonds is 4. The molecule has 5 rings (SSSR count). The minimum Gasteiger partial charge on any atom is -0.312 e. The lowest BCUT2D eigenvalue weighted by Gasteiger charge is -2.25. The van der Waals surface area contributed by atoms with Crippen molar-refractivity contribution < 1.29 is 4.79 Å². The largest absolute Gasteiger partial charge is 0.312 e. The Balaban J connectivity index is 0.00000218. The molecule has 6 nitrogen and oxygen atoms in total. The summed E-state index contributed by atoms with van der Waals surface area (Å²) in [6.07, 6.45) is 2.76. The summed E-state index contributed by atoms with van der Waals surface area (Å²) in [6, 6.07) is 9.92. The molecule has 0 atom stereocenters. The van der Waals surface area contributed by atoms with Gasteiger partial charge in [0.05, 0.1) is 10.2 Å². The number of aryl methyl sites for hydroxylation is 1. The topological polar surface area (TPSA) is 63.1 Å². The van der Waals surface area contributed by atoms with Gasteiger partial charge in [-0.05, 0) is 36.7 Å². The number of halogens is 1. The van der Waals surface area contributed by atoms with Crippen LogP contribution < -0.4 is 5.32 Å². The predicted octanol–water partition coefficient (Wildman–Crippen LogP) is 4.81. The molecule has 0 spiro atoms. The first-order valence-electron chi connectivity index (χ1n) is 9.66. The third-order valence-electron chi connectivity index (χ3n) is 5.26. The van der Waals surface area contributed by atoms with Crippen LogP contribution in [0.25, 0.3) is 20.8 Å². The van der Waals surface area contributed by atoms with Crippen molar-refractivity contribution in [2.75, 3.05) is 18.4 Å². The molecule has 1 amide bonds. The Hall–Kier alpha value is -2.26. The zero-order valence-electron chi connectivity index (χ0n) is 16.7. The molecule has 0 fully saturated rings. The minimum atomic E-state index is -0.182. The zero-order chi connectivity index (χ0) is 20.0. The first kappa shape index (κ1) is 21.0. The fraction of sp³-hybridized carbons (Fsp3) is 0.286. The molecular weight excluding hydrogens is 438 g/mol. The van der Waals surface area contributed by atoms with Gasteiger partial charge in [-0.2, -0.15) is 5.10 Å². The van der Waals surface area contributed by atoms with Crippen LogP contribution in [0.1, 0.15) is 27.9 Å². The number of likely N-dealkylation sites (N-methyl/N-ethyl adjacent to an activating group) is 1. The molecule has 0 saturated carbocycles. The molecule has 1 aromatic carbocycles. The lowest BCUT2D eigenvalue weighted by atomic mass is 10.0. The van der Waals surface area contributed by atoms with Crippen molar-refractivity contribution in [3.63, 3.8) is 0 Å². The molecule has 156 valence electrons. The van der Waals surface area contributed by atoms with E-state index in [1.165, 1.54) is 10.4 Å². The monoisotopic (exact) mass is 459 g/mol. The van der Waals surface area contributed by atoms with E-state index in [-0.39, 0.29) is 18.3 Å². The second-order valence-electron chi connectivity index (χ2n) is 7.14. The van der Waals surface area contributed by atoms with Crippen LogP contribution in [0.15, 0.2) is 36.5 Å². The van der Waals surface area contributed by atoms with Crippen LogP contribution in [0.4, 0.5) is 5.00 Å². The lowest BCUT2D eigenvalue weighted by Crippen LogP contribution is -2.29. The number of nitrogens with one attached hydrogen (secondary N) is 1. The molecule has 4 aromatic rings. The number of carbonyl (C=O) groups is 1. The smallest absolute Gasteiger partial charge is 0.276 e. The molecular formula is C21H22ClN5OS2. The van der Waals surface area contributed by atoms with Crippen molar-refractivity contribution in [2.24, 2.45) is 7.05 Å². The number of carbonyl (C=O) groups excluding carboxylic acids is 1. The SMILES string of the molecule is CCN1CCc2c(sc(NC(=O)c3ccn(C)n3)c2-c2nc3ccccc3s2)C1.Cl. The van der Waals surface area contributed by atoms with Crippen molar-refractivity contribution in [2.45, 2.75) is 19.9 Å². The average molecular weight is 460 g/mol. The third kappa shape index (κ3) is 3.76. The summed E-state index contributed by atoms with van der Waals surface area (Å²) in [5.41, 5.74) is 3.84. The van der Waals surface area contributed by atoms with Crippen LogP contribution in [-0.4, -0.2) is 38.7 Å². The van der Waals surface area contributed by atoms with E-state index in [1.54, 1.807) is 39.6 Å². The molecule has 0 aliphatic carbocycles. The van der Waals surface area contributed by atoms with E-state index in [2.05, 4.69) is 28.3 Å². The number of thiophene rings is 1. The highest BCUT2D eigenvalue weighted by Crippen LogP contribution is 2.45. The fourth-order valence-electron chi connectivity index (χ4n) is 3.72. The average Bonchev–Trinajstić information content (AvgIpc) is 3.42.